The molecule has 2 aliphatic rings. The van der Waals surface area contributed by atoms with Gasteiger partial charge < -0.3 is 19.7 Å². The van der Waals surface area contributed by atoms with Gasteiger partial charge in [-0.15, -0.1) is 11.3 Å². The first kappa shape index (κ1) is 20.3. The summed E-state index contributed by atoms with van der Waals surface area (Å²) in [5.74, 6) is 0.00151. The second kappa shape index (κ2) is 10.2. The van der Waals surface area contributed by atoms with Crippen molar-refractivity contribution in [1.29, 1.82) is 0 Å². The summed E-state index contributed by atoms with van der Waals surface area (Å²) >= 11 is 1.56. The number of thiophene rings is 1. The molecule has 2 aromatic rings. The van der Waals surface area contributed by atoms with Crippen molar-refractivity contribution in [2.24, 2.45) is 0 Å². The summed E-state index contributed by atoms with van der Waals surface area (Å²) in [4.78, 5) is 22.5. The largest absolute Gasteiger partial charge is 0.379 e. The van der Waals surface area contributed by atoms with Crippen LogP contribution in [0, 0.1) is 0 Å². The van der Waals surface area contributed by atoms with Gasteiger partial charge in [-0.3, -0.25) is 14.7 Å². The number of anilines is 1. The fraction of sp³-hybridized carbons (Fsp3) is 0.524. The van der Waals surface area contributed by atoms with Gasteiger partial charge in [0.2, 0.25) is 0 Å². The summed E-state index contributed by atoms with van der Waals surface area (Å²) in [6, 6.07) is 5.98. The monoisotopic (exact) mass is 416 g/mol. The highest BCUT2D eigenvalue weighted by Crippen LogP contribution is 2.39. The van der Waals surface area contributed by atoms with Crippen molar-refractivity contribution < 1.29 is 14.3 Å². The molecule has 0 bridgehead atoms. The van der Waals surface area contributed by atoms with E-state index in [4.69, 9.17) is 9.47 Å². The molecule has 0 saturated carbocycles. The van der Waals surface area contributed by atoms with Crippen molar-refractivity contribution in [3.63, 3.8) is 0 Å². The molecular weight excluding hydrogens is 388 g/mol. The molecule has 2 fully saturated rings. The van der Waals surface area contributed by atoms with E-state index in [1.807, 2.05) is 24.4 Å². The maximum atomic E-state index is 12.8. The third-order valence-electron chi connectivity index (χ3n) is 5.25. The number of nitrogens with zero attached hydrogens (tertiary/aromatic N) is 3. The lowest BCUT2D eigenvalue weighted by Crippen LogP contribution is -2.38. The average Bonchev–Trinajstić information content (AvgIpc) is 3.24. The molecule has 0 radical (unpaired) electrons. The quantitative estimate of drug-likeness (QED) is 0.698. The Morgan fingerprint density at radius 2 is 1.90 bits per heavy atom. The summed E-state index contributed by atoms with van der Waals surface area (Å²) < 4.78 is 10.9. The zero-order valence-corrected chi connectivity index (χ0v) is 17.5. The molecule has 0 spiro atoms. The van der Waals surface area contributed by atoms with Crippen LogP contribution in [0.5, 0.6) is 0 Å². The highest BCUT2D eigenvalue weighted by molar-refractivity contribution is 7.18. The van der Waals surface area contributed by atoms with Crippen LogP contribution in [-0.2, 0) is 9.47 Å². The number of morpholine rings is 2. The number of carbonyl (C=O) groups is 1. The summed E-state index contributed by atoms with van der Waals surface area (Å²) in [5.41, 5.74) is 2.11. The van der Waals surface area contributed by atoms with Crippen LogP contribution in [0.3, 0.4) is 0 Å². The van der Waals surface area contributed by atoms with Crippen LogP contribution in [0.1, 0.15) is 16.1 Å². The average molecular weight is 417 g/mol. The SMILES string of the molecule is O=C(NCCCN1CCOCC1)c1cc(-c2cccnc2)c(N2CCOCC2)s1. The molecule has 8 heteroatoms. The second-order valence-corrected chi connectivity index (χ2v) is 8.26. The number of ether oxygens (including phenoxy) is 2. The van der Waals surface area contributed by atoms with Crippen LogP contribution >= 0.6 is 11.3 Å². The highest BCUT2D eigenvalue weighted by Gasteiger charge is 2.22. The molecule has 2 saturated heterocycles. The van der Waals surface area contributed by atoms with E-state index in [0.717, 1.165) is 73.4 Å². The van der Waals surface area contributed by atoms with Crippen LogP contribution in [0.2, 0.25) is 0 Å². The van der Waals surface area contributed by atoms with E-state index in [1.165, 1.54) is 0 Å². The van der Waals surface area contributed by atoms with Gasteiger partial charge in [0.1, 0.15) is 0 Å². The van der Waals surface area contributed by atoms with Gasteiger partial charge in [-0.05, 0) is 25.1 Å². The van der Waals surface area contributed by atoms with Crippen LogP contribution < -0.4 is 10.2 Å². The number of hydrogen-bond acceptors (Lipinski definition) is 7. The lowest BCUT2D eigenvalue weighted by molar-refractivity contribution is 0.0374. The van der Waals surface area contributed by atoms with Crippen LogP contribution in [0.25, 0.3) is 11.1 Å². The van der Waals surface area contributed by atoms with Gasteiger partial charge >= 0.3 is 0 Å². The van der Waals surface area contributed by atoms with Gasteiger partial charge in [0, 0.05) is 56.2 Å². The Morgan fingerprint density at radius 1 is 1.14 bits per heavy atom. The van der Waals surface area contributed by atoms with Crippen LogP contribution in [0.15, 0.2) is 30.6 Å². The van der Waals surface area contributed by atoms with Gasteiger partial charge in [-0.2, -0.15) is 0 Å². The summed E-state index contributed by atoms with van der Waals surface area (Å²) in [6.07, 6.45) is 4.57. The van der Waals surface area contributed by atoms with Crippen LogP contribution in [0.4, 0.5) is 5.00 Å². The van der Waals surface area contributed by atoms with Gasteiger partial charge in [0.25, 0.3) is 5.91 Å². The van der Waals surface area contributed by atoms with Gasteiger partial charge in [-0.25, -0.2) is 0 Å². The molecule has 0 unspecified atom stereocenters. The van der Waals surface area contributed by atoms with E-state index in [0.29, 0.717) is 19.8 Å². The molecule has 2 aromatic heterocycles. The predicted molar refractivity (Wildman–Crippen MR) is 115 cm³/mol. The minimum Gasteiger partial charge on any atom is -0.379 e. The molecule has 7 nitrogen and oxygen atoms in total. The molecule has 1 N–H and O–H groups in total. The van der Waals surface area contributed by atoms with E-state index in [9.17, 15) is 4.79 Å². The topological polar surface area (TPSA) is 66.9 Å². The number of amides is 1. The van der Waals surface area contributed by atoms with Crippen molar-refractivity contribution in [2.45, 2.75) is 6.42 Å². The molecule has 0 atom stereocenters. The number of hydrogen-bond donors (Lipinski definition) is 1. The molecule has 156 valence electrons. The Morgan fingerprint density at radius 3 is 2.62 bits per heavy atom. The third kappa shape index (κ3) is 5.33. The number of carbonyl (C=O) groups excluding carboxylic acids is 1. The normalized spacial score (nSPS) is 18.0. The zero-order valence-electron chi connectivity index (χ0n) is 16.6. The Hall–Kier alpha value is -2.00. The lowest BCUT2D eigenvalue weighted by atomic mass is 10.1. The fourth-order valence-electron chi connectivity index (χ4n) is 3.64. The van der Waals surface area contributed by atoms with E-state index < -0.39 is 0 Å². The van der Waals surface area contributed by atoms with E-state index in [1.54, 1.807) is 17.5 Å². The van der Waals surface area contributed by atoms with Crippen LogP contribution in [-0.4, -0.2) is 81.5 Å². The Kier molecular flexibility index (Phi) is 7.10. The van der Waals surface area contributed by atoms with Gasteiger partial charge in [0.05, 0.1) is 36.3 Å². The summed E-state index contributed by atoms with van der Waals surface area (Å²) in [6.45, 7) is 8.37. The fourth-order valence-corrected chi connectivity index (χ4v) is 4.79. The molecule has 4 heterocycles. The smallest absolute Gasteiger partial charge is 0.261 e. The molecule has 0 aromatic carbocycles. The first-order valence-corrected chi connectivity index (χ1v) is 11.1. The van der Waals surface area contributed by atoms with E-state index in [2.05, 4.69) is 20.1 Å². The van der Waals surface area contributed by atoms with Gasteiger partial charge in [-0.1, -0.05) is 6.07 Å². The minimum absolute atomic E-state index is 0.00151. The maximum Gasteiger partial charge on any atom is 0.261 e. The number of pyridine rings is 1. The predicted octanol–water partition coefficient (Wildman–Crippen LogP) is 2.10. The van der Waals surface area contributed by atoms with Gasteiger partial charge in [0.15, 0.2) is 0 Å². The lowest BCUT2D eigenvalue weighted by Gasteiger charge is -2.28. The van der Waals surface area contributed by atoms with Crippen molar-refractivity contribution in [1.82, 2.24) is 15.2 Å². The minimum atomic E-state index is 0.00151. The van der Waals surface area contributed by atoms with Crippen molar-refractivity contribution in [3.05, 3.63) is 35.5 Å². The maximum absolute atomic E-state index is 12.8. The molecular formula is C21H28N4O3S. The first-order valence-electron chi connectivity index (χ1n) is 10.3. The number of rotatable bonds is 7. The standard InChI is InChI=1S/C21H28N4O3S/c26-20(23-5-2-6-24-7-11-27-12-8-24)19-15-18(17-3-1-4-22-16-17)21(29-19)25-9-13-28-14-10-25/h1,3-4,15-16H,2,5-14H2,(H,23,26). The molecule has 1 amide bonds. The molecule has 2 aliphatic heterocycles. The molecule has 4 rings (SSSR count). The summed E-state index contributed by atoms with van der Waals surface area (Å²) in [7, 11) is 0. The summed E-state index contributed by atoms with van der Waals surface area (Å²) in [5, 5.41) is 4.21. The third-order valence-corrected chi connectivity index (χ3v) is 6.44. The first-order chi connectivity index (χ1) is 14.3. The highest BCUT2D eigenvalue weighted by atomic mass is 32.1. The number of nitrogens with one attached hydrogen (secondary N) is 1. The molecule has 0 aliphatic carbocycles. The number of aromatic nitrogens is 1. The van der Waals surface area contributed by atoms with E-state index in [-0.39, 0.29) is 5.91 Å². The Balaban J connectivity index is 1.41. The van der Waals surface area contributed by atoms with Crippen molar-refractivity contribution in [2.75, 3.05) is 70.6 Å². The second-order valence-electron chi connectivity index (χ2n) is 7.23. The Labute approximate surface area is 175 Å². The molecule has 29 heavy (non-hydrogen) atoms. The Bertz CT molecular complexity index is 786. The zero-order chi connectivity index (χ0) is 19.9. The van der Waals surface area contributed by atoms with Crippen molar-refractivity contribution >= 4 is 22.2 Å². The van der Waals surface area contributed by atoms with E-state index >= 15 is 0 Å². The van der Waals surface area contributed by atoms with Crippen molar-refractivity contribution in [3.8, 4) is 11.1 Å².